The van der Waals surface area contributed by atoms with Gasteiger partial charge in [-0.25, -0.2) is 0 Å². The highest BCUT2D eigenvalue weighted by atomic mass is 16.2. The second-order valence-corrected chi connectivity index (χ2v) is 6.55. The van der Waals surface area contributed by atoms with Crippen LogP contribution in [0.3, 0.4) is 0 Å². The predicted molar refractivity (Wildman–Crippen MR) is 104 cm³/mol. The van der Waals surface area contributed by atoms with Gasteiger partial charge in [-0.15, -0.1) is 0 Å². The molecule has 0 atom stereocenters. The maximum absolute atomic E-state index is 12.5. The molecule has 0 spiro atoms. The molecule has 0 aliphatic rings. The van der Waals surface area contributed by atoms with Crippen LogP contribution in [0.4, 0.5) is 5.69 Å². The Labute approximate surface area is 153 Å². The molecule has 0 saturated heterocycles. The molecule has 1 N–H and O–H groups in total. The lowest BCUT2D eigenvalue weighted by molar-refractivity contribution is -0.128. The number of para-hydroxylation sites is 1. The summed E-state index contributed by atoms with van der Waals surface area (Å²) in [5.74, 6) is -0.0686. The minimum absolute atomic E-state index is 0.00870. The van der Waals surface area contributed by atoms with Gasteiger partial charge in [0, 0.05) is 37.4 Å². The molecule has 3 rings (SSSR count). The third-order valence-electron chi connectivity index (χ3n) is 4.49. The molecule has 0 aliphatic carbocycles. The van der Waals surface area contributed by atoms with Gasteiger partial charge in [-0.05, 0) is 42.1 Å². The molecule has 0 radical (unpaired) electrons. The van der Waals surface area contributed by atoms with E-state index >= 15 is 0 Å². The number of hydrogen-bond donors (Lipinski definition) is 1. The van der Waals surface area contributed by atoms with Crippen LogP contribution >= 0.6 is 0 Å². The average Bonchev–Trinajstić information content (AvgIpc) is 2.90. The highest BCUT2D eigenvalue weighted by molar-refractivity contribution is 5.92. The van der Waals surface area contributed by atoms with E-state index in [9.17, 15) is 9.59 Å². The van der Waals surface area contributed by atoms with Gasteiger partial charge in [0.25, 0.3) is 0 Å². The van der Waals surface area contributed by atoms with Crippen molar-refractivity contribution in [3.05, 3.63) is 65.9 Å². The highest BCUT2D eigenvalue weighted by Crippen LogP contribution is 2.19. The molecule has 1 aromatic heterocycles. The van der Waals surface area contributed by atoms with Crippen LogP contribution in [0.5, 0.6) is 0 Å². The molecule has 5 nitrogen and oxygen atoms in total. The van der Waals surface area contributed by atoms with Gasteiger partial charge < -0.3 is 14.8 Å². The Bertz CT molecular complexity index is 959. The number of fused-ring (bicyclic) bond motifs is 1. The van der Waals surface area contributed by atoms with E-state index in [1.165, 1.54) is 6.92 Å². The van der Waals surface area contributed by atoms with E-state index in [-0.39, 0.29) is 18.4 Å². The summed E-state index contributed by atoms with van der Waals surface area (Å²) in [4.78, 5) is 25.5. The first-order valence-corrected chi connectivity index (χ1v) is 8.59. The van der Waals surface area contributed by atoms with Crippen LogP contribution in [0.2, 0.25) is 0 Å². The summed E-state index contributed by atoms with van der Waals surface area (Å²) in [6.45, 7) is 4.32. The number of rotatable bonds is 5. The van der Waals surface area contributed by atoms with Crippen molar-refractivity contribution in [3.8, 4) is 0 Å². The molecule has 134 valence electrons. The van der Waals surface area contributed by atoms with Crippen LogP contribution in [-0.4, -0.2) is 28.3 Å². The molecule has 1 heterocycles. The Morgan fingerprint density at radius 1 is 1.08 bits per heavy atom. The maximum atomic E-state index is 12.5. The van der Waals surface area contributed by atoms with Crippen molar-refractivity contribution in [2.45, 2.75) is 26.9 Å². The molecule has 0 aliphatic heterocycles. The number of anilines is 1. The van der Waals surface area contributed by atoms with Crippen molar-refractivity contribution in [2.24, 2.45) is 0 Å². The van der Waals surface area contributed by atoms with Gasteiger partial charge in [-0.2, -0.15) is 0 Å². The number of aromatic nitrogens is 1. The van der Waals surface area contributed by atoms with E-state index in [1.807, 2.05) is 60.0 Å². The number of hydrogen-bond acceptors (Lipinski definition) is 2. The van der Waals surface area contributed by atoms with E-state index in [4.69, 9.17) is 0 Å². The molecule has 3 aromatic rings. The largest absolute Gasteiger partial charge is 0.342 e. The normalized spacial score (nSPS) is 10.7. The van der Waals surface area contributed by atoms with Gasteiger partial charge in [0.15, 0.2) is 0 Å². The summed E-state index contributed by atoms with van der Waals surface area (Å²) in [6, 6.07) is 17.7. The third kappa shape index (κ3) is 3.94. The standard InChI is InChI=1S/C21H23N3O2/c1-15-11-18-8-4-5-10-20(18)24(15)14-21(26)22-19-9-6-7-17(12-19)13-23(3)16(2)25/h4-12H,13-14H2,1-3H3,(H,22,26). The molecule has 26 heavy (non-hydrogen) atoms. The monoisotopic (exact) mass is 349 g/mol. The minimum Gasteiger partial charge on any atom is -0.342 e. The Hall–Kier alpha value is -3.08. The van der Waals surface area contributed by atoms with Gasteiger partial charge in [0.1, 0.15) is 6.54 Å². The Morgan fingerprint density at radius 2 is 1.85 bits per heavy atom. The lowest BCUT2D eigenvalue weighted by atomic mass is 10.2. The van der Waals surface area contributed by atoms with Gasteiger partial charge in [0.2, 0.25) is 11.8 Å². The topological polar surface area (TPSA) is 54.3 Å². The first-order valence-electron chi connectivity index (χ1n) is 8.59. The number of nitrogens with zero attached hydrogens (tertiary/aromatic N) is 2. The number of nitrogens with one attached hydrogen (secondary N) is 1. The van der Waals surface area contributed by atoms with Crippen molar-refractivity contribution < 1.29 is 9.59 Å². The van der Waals surface area contributed by atoms with Crippen molar-refractivity contribution in [1.82, 2.24) is 9.47 Å². The molecule has 5 heteroatoms. The fourth-order valence-corrected chi connectivity index (χ4v) is 3.03. The van der Waals surface area contributed by atoms with E-state index in [2.05, 4.69) is 11.4 Å². The summed E-state index contributed by atoms with van der Waals surface area (Å²) in [6.07, 6.45) is 0. The summed E-state index contributed by atoms with van der Waals surface area (Å²) in [5, 5.41) is 4.08. The van der Waals surface area contributed by atoms with Gasteiger partial charge in [0.05, 0.1) is 0 Å². The quantitative estimate of drug-likeness (QED) is 0.766. The van der Waals surface area contributed by atoms with E-state index in [0.717, 1.165) is 27.8 Å². The summed E-state index contributed by atoms with van der Waals surface area (Å²) in [5.41, 5.74) is 3.82. The fourth-order valence-electron chi connectivity index (χ4n) is 3.03. The molecule has 0 fully saturated rings. The fraction of sp³-hybridized carbons (Fsp3) is 0.238. The number of aryl methyl sites for hydroxylation is 1. The average molecular weight is 349 g/mol. The van der Waals surface area contributed by atoms with Gasteiger partial charge in [-0.3, -0.25) is 9.59 Å². The number of carbonyl (C=O) groups is 2. The Kier molecular flexibility index (Phi) is 5.07. The lowest BCUT2D eigenvalue weighted by Crippen LogP contribution is -2.23. The van der Waals surface area contributed by atoms with Crippen LogP contribution in [0, 0.1) is 6.92 Å². The van der Waals surface area contributed by atoms with Crippen molar-refractivity contribution in [1.29, 1.82) is 0 Å². The van der Waals surface area contributed by atoms with E-state index in [1.54, 1.807) is 11.9 Å². The third-order valence-corrected chi connectivity index (χ3v) is 4.49. The summed E-state index contributed by atoms with van der Waals surface area (Å²) in [7, 11) is 1.76. The zero-order valence-corrected chi connectivity index (χ0v) is 15.3. The van der Waals surface area contributed by atoms with Crippen molar-refractivity contribution >= 4 is 28.4 Å². The Morgan fingerprint density at radius 3 is 2.62 bits per heavy atom. The highest BCUT2D eigenvalue weighted by Gasteiger charge is 2.10. The first kappa shape index (κ1) is 17.7. The molecule has 0 saturated carbocycles. The SMILES string of the molecule is CC(=O)N(C)Cc1cccc(NC(=O)Cn2c(C)cc3ccccc32)c1. The smallest absolute Gasteiger partial charge is 0.244 e. The molecular formula is C21H23N3O2. The van der Waals surface area contributed by atoms with Crippen LogP contribution in [0.25, 0.3) is 10.9 Å². The molecule has 0 unspecified atom stereocenters. The minimum atomic E-state index is -0.0773. The van der Waals surface area contributed by atoms with Crippen molar-refractivity contribution in [2.75, 3.05) is 12.4 Å². The van der Waals surface area contributed by atoms with Crippen LogP contribution < -0.4 is 5.32 Å². The van der Waals surface area contributed by atoms with Crippen LogP contribution in [0.1, 0.15) is 18.2 Å². The van der Waals surface area contributed by atoms with Crippen molar-refractivity contribution in [3.63, 3.8) is 0 Å². The lowest BCUT2D eigenvalue weighted by Gasteiger charge is -2.15. The van der Waals surface area contributed by atoms with E-state index in [0.29, 0.717) is 6.54 Å². The van der Waals surface area contributed by atoms with Crippen LogP contribution in [-0.2, 0) is 22.7 Å². The Balaban J connectivity index is 1.72. The van der Waals surface area contributed by atoms with E-state index < -0.39 is 0 Å². The second-order valence-electron chi connectivity index (χ2n) is 6.55. The predicted octanol–water partition coefficient (Wildman–Crippen LogP) is 3.57. The second kappa shape index (κ2) is 7.44. The summed E-state index contributed by atoms with van der Waals surface area (Å²) < 4.78 is 2.01. The molecule has 0 bridgehead atoms. The number of carbonyl (C=O) groups excluding carboxylic acids is 2. The molecular weight excluding hydrogens is 326 g/mol. The van der Waals surface area contributed by atoms with Crippen LogP contribution in [0.15, 0.2) is 54.6 Å². The first-order chi connectivity index (χ1) is 12.4. The number of benzene rings is 2. The molecule has 2 amide bonds. The zero-order valence-electron chi connectivity index (χ0n) is 15.3. The maximum Gasteiger partial charge on any atom is 0.244 e. The van der Waals surface area contributed by atoms with Gasteiger partial charge in [-0.1, -0.05) is 30.3 Å². The van der Waals surface area contributed by atoms with Gasteiger partial charge >= 0.3 is 0 Å². The molecule has 2 aromatic carbocycles. The number of amides is 2. The zero-order chi connectivity index (χ0) is 18.7. The summed E-state index contributed by atoms with van der Waals surface area (Å²) >= 11 is 0.